The van der Waals surface area contributed by atoms with E-state index in [-0.39, 0.29) is 29.8 Å². The molecule has 0 fully saturated rings. The van der Waals surface area contributed by atoms with Gasteiger partial charge in [0.1, 0.15) is 0 Å². The van der Waals surface area contributed by atoms with Crippen molar-refractivity contribution in [3.05, 3.63) is 59.7 Å². The molecule has 0 saturated heterocycles. The Kier molecular flexibility index (Phi) is 9.64. The van der Waals surface area contributed by atoms with E-state index in [9.17, 15) is 14.4 Å². The largest absolute Gasteiger partial charge is 0.466 e. The summed E-state index contributed by atoms with van der Waals surface area (Å²) in [5.41, 5.74) is 3.37. The quantitative estimate of drug-likeness (QED) is 0.312. The van der Waals surface area contributed by atoms with Crippen LogP contribution in [0.5, 0.6) is 0 Å². The number of hydrogen-bond donors (Lipinski definition) is 3. The van der Waals surface area contributed by atoms with Gasteiger partial charge in [-0.25, -0.2) is 0 Å². The molecule has 2 rings (SSSR count). The van der Waals surface area contributed by atoms with Crippen LogP contribution in [0.4, 0.5) is 11.4 Å². The monoisotopic (exact) mass is 441 g/mol. The van der Waals surface area contributed by atoms with Crippen LogP contribution in [0.1, 0.15) is 37.3 Å². The van der Waals surface area contributed by atoms with Gasteiger partial charge < -0.3 is 20.7 Å². The highest BCUT2D eigenvalue weighted by atomic mass is 32.1. The van der Waals surface area contributed by atoms with Crippen molar-refractivity contribution in [2.24, 2.45) is 0 Å². The second-order valence-corrected chi connectivity index (χ2v) is 7.43. The zero-order chi connectivity index (χ0) is 22.6. The number of aryl methyl sites for hydroxylation is 2. The second-order valence-electron chi connectivity index (χ2n) is 7.02. The highest BCUT2D eigenvalue weighted by molar-refractivity contribution is 7.80. The van der Waals surface area contributed by atoms with Crippen LogP contribution < -0.4 is 16.0 Å². The van der Waals surface area contributed by atoms with Gasteiger partial charge in [0.2, 0.25) is 11.8 Å². The molecular formula is C23H27N3O4S. The molecule has 2 amide bonds. The fourth-order valence-corrected chi connectivity index (χ4v) is 3.00. The standard InChI is InChI=1S/C23H27N3O4S/c1-16-10-11-19(15-20(16)24-17(2)27)25-23(31)26-21(28)12-13-22(29)30-14-6-9-18-7-4-3-5-8-18/h3-5,7-8,10-11,15H,6,9,12-14H2,1-2H3,(H,24,27)(H2,25,26,28,31). The van der Waals surface area contributed by atoms with Gasteiger partial charge in [0.25, 0.3) is 0 Å². The van der Waals surface area contributed by atoms with Gasteiger partial charge in [-0.15, -0.1) is 0 Å². The molecule has 2 aromatic rings. The van der Waals surface area contributed by atoms with Crippen LogP contribution >= 0.6 is 12.2 Å². The van der Waals surface area contributed by atoms with E-state index in [0.717, 1.165) is 18.4 Å². The summed E-state index contributed by atoms with van der Waals surface area (Å²) < 4.78 is 5.17. The molecule has 8 heteroatoms. The van der Waals surface area contributed by atoms with Gasteiger partial charge in [-0.1, -0.05) is 36.4 Å². The molecule has 2 aromatic carbocycles. The lowest BCUT2D eigenvalue weighted by atomic mass is 10.1. The number of amides is 2. The summed E-state index contributed by atoms with van der Waals surface area (Å²) in [6.07, 6.45) is 1.52. The van der Waals surface area contributed by atoms with E-state index in [1.165, 1.54) is 12.5 Å². The molecular weight excluding hydrogens is 414 g/mol. The van der Waals surface area contributed by atoms with Gasteiger partial charge in [-0.2, -0.15) is 0 Å². The molecule has 0 radical (unpaired) electrons. The predicted octanol–water partition coefficient (Wildman–Crippen LogP) is 3.72. The fraction of sp³-hybridized carbons (Fsp3) is 0.304. The lowest BCUT2D eigenvalue weighted by molar-refractivity contribution is -0.145. The number of nitrogens with one attached hydrogen (secondary N) is 3. The first kappa shape index (κ1) is 24.0. The highest BCUT2D eigenvalue weighted by Crippen LogP contribution is 2.20. The van der Waals surface area contributed by atoms with Crippen molar-refractivity contribution in [2.45, 2.75) is 39.5 Å². The van der Waals surface area contributed by atoms with Crippen molar-refractivity contribution >= 4 is 46.5 Å². The smallest absolute Gasteiger partial charge is 0.306 e. The minimum atomic E-state index is -0.416. The van der Waals surface area contributed by atoms with E-state index in [0.29, 0.717) is 18.0 Å². The maximum absolute atomic E-state index is 12.0. The normalized spacial score (nSPS) is 10.1. The molecule has 0 aliphatic carbocycles. The molecule has 7 nitrogen and oxygen atoms in total. The summed E-state index contributed by atoms with van der Waals surface area (Å²) in [5, 5.41) is 8.26. The number of rotatable bonds is 9. The molecule has 31 heavy (non-hydrogen) atoms. The molecule has 0 atom stereocenters. The predicted molar refractivity (Wildman–Crippen MR) is 125 cm³/mol. The maximum Gasteiger partial charge on any atom is 0.306 e. The average Bonchev–Trinajstić information content (AvgIpc) is 2.72. The minimum absolute atomic E-state index is 0.0169. The lowest BCUT2D eigenvalue weighted by Gasteiger charge is -2.12. The topological polar surface area (TPSA) is 96.5 Å². The third-order valence-corrected chi connectivity index (χ3v) is 4.54. The Labute approximate surface area is 187 Å². The van der Waals surface area contributed by atoms with Crippen LogP contribution in [0.2, 0.25) is 0 Å². The van der Waals surface area contributed by atoms with Gasteiger partial charge in [-0.3, -0.25) is 14.4 Å². The van der Waals surface area contributed by atoms with Crippen LogP contribution in [0.25, 0.3) is 0 Å². The lowest BCUT2D eigenvalue weighted by Crippen LogP contribution is -2.34. The van der Waals surface area contributed by atoms with Crippen LogP contribution in [0.15, 0.2) is 48.5 Å². The van der Waals surface area contributed by atoms with E-state index >= 15 is 0 Å². The van der Waals surface area contributed by atoms with Crippen molar-refractivity contribution in [3.8, 4) is 0 Å². The summed E-state index contributed by atoms with van der Waals surface area (Å²) in [5.74, 6) is -0.975. The molecule has 0 aliphatic heterocycles. The molecule has 0 bridgehead atoms. The zero-order valence-corrected chi connectivity index (χ0v) is 18.5. The molecule has 0 heterocycles. The molecule has 0 saturated carbocycles. The minimum Gasteiger partial charge on any atom is -0.466 e. The first-order valence-electron chi connectivity index (χ1n) is 10.0. The first-order valence-corrected chi connectivity index (χ1v) is 10.4. The molecule has 0 spiro atoms. The summed E-state index contributed by atoms with van der Waals surface area (Å²) in [6.45, 7) is 3.62. The number of hydrogen-bond acceptors (Lipinski definition) is 5. The van der Waals surface area contributed by atoms with Crippen LogP contribution in [-0.4, -0.2) is 29.5 Å². The summed E-state index contributed by atoms with van der Waals surface area (Å²) in [7, 11) is 0. The number of benzene rings is 2. The SMILES string of the molecule is CC(=O)Nc1cc(NC(=S)NC(=O)CCC(=O)OCCCc2ccccc2)ccc1C. The van der Waals surface area contributed by atoms with Gasteiger partial charge in [-0.05, 0) is 55.2 Å². The van der Waals surface area contributed by atoms with Crippen molar-refractivity contribution < 1.29 is 19.1 Å². The first-order chi connectivity index (χ1) is 14.8. The number of esters is 1. The Balaban J connectivity index is 1.66. The summed E-state index contributed by atoms with van der Waals surface area (Å²) in [4.78, 5) is 35.1. The van der Waals surface area contributed by atoms with Crippen molar-refractivity contribution in [1.82, 2.24) is 5.32 Å². The number of carbonyl (C=O) groups is 3. The van der Waals surface area contributed by atoms with E-state index in [1.807, 2.05) is 43.3 Å². The third kappa shape index (κ3) is 9.39. The Hall–Kier alpha value is -3.26. The van der Waals surface area contributed by atoms with E-state index in [2.05, 4.69) is 16.0 Å². The van der Waals surface area contributed by atoms with Crippen molar-refractivity contribution in [1.29, 1.82) is 0 Å². The summed E-state index contributed by atoms with van der Waals surface area (Å²) >= 11 is 5.14. The second kappa shape index (κ2) is 12.4. The van der Waals surface area contributed by atoms with Crippen molar-refractivity contribution in [2.75, 3.05) is 17.2 Å². The Morgan fingerprint density at radius 2 is 1.74 bits per heavy atom. The Bertz CT molecular complexity index is 932. The van der Waals surface area contributed by atoms with E-state index in [1.54, 1.807) is 12.1 Å². The zero-order valence-electron chi connectivity index (χ0n) is 17.7. The fourth-order valence-electron chi connectivity index (χ4n) is 2.77. The van der Waals surface area contributed by atoms with Gasteiger partial charge >= 0.3 is 5.97 Å². The average molecular weight is 442 g/mol. The summed E-state index contributed by atoms with van der Waals surface area (Å²) in [6, 6.07) is 15.3. The number of anilines is 2. The molecule has 0 aromatic heterocycles. The van der Waals surface area contributed by atoms with E-state index < -0.39 is 5.97 Å². The highest BCUT2D eigenvalue weighted by Gasteiger charge is 2.10. The van der Waals surface area contributed by atoms with Gasteiger partial charge in [0, 0.05) is 24.7 Å². The van der Waals surface area contributed by atoms with Crippen molar-refractivity contribution in [3.63, 3.8) is 0 Å². The number of ether oxygens (including phenoxy) is 1. The Morgan fingerprint density at radius 3 is 2.45 bits per heavy atom. The molecule has 164 valence electrons. The maximum atomic E-state index is 12.0. The number of carbonyl (C=O) groups excluding carboxylic acids is 3. The molecule has 3 N–H and O–H groups in total. The third-order valence-electron chi connectivity index (χ3n) is 4.33. The van der Waals surface area contributed by atoms with E-state index in [4.69, 9.17) is 17.0 Å². The molecule has 0 aliphatic rings. The van der Waals surface area contributed by atoms with Crippen LogP contribution in [0, 0.1) is 6.92 Å². The van der Waals surface area contributed by atoms with Gasteiger partial charge in [0.15, 0.2) is 5.11 Å². The Morgan fingerprint density at radius 1 is 1.00 bits per heavy atom. The number of thiocarbonyl (C=S) groups is 1. The molecule has 0 unspecified atom stereocenters. The van der Waals surface area contributed by atoms with Gasteiger partial charge in [0.05, 0.1) is 13.0 Å². The van der Waals surface area contributed by atoms with Crippen LogP contribution in [0.3, 0.4) is 0 Å². The van der Waals surface area contributed by atoms with Crippen LogP contribution in [-0.2, 0) is 25.5 Å².